The van der Waals surface area contributed by atoms with E-state index in [9.17, 15) is 4.79 Å². The molecule has 0 spiro atoms. The second-order valence-corrected chi connectivity index (χ2v) is 6.73. The highest BCUT2D eigenvalue weighted by atomic mass is 16.5. The average molecular weight is 266 g/mol. The van der Waals surface area contributed by atoms with E-state index >= 15 is 0 Å². The molecule has 0 aromatic heterocycles. The summed E-state index contributed by atoms with van der Waals surface area (Å²) < 4.78 is 5.43. The molecule has 0 aromatic rings. The van der Waals surface area contributed by atoms with Crippen LogP contribution in [-0.4, -0.2) is 12.1 Å². The van der Waals surface area contributed by atoms with Crippen LogP contribution in [0.25, 0.3) is 0 Å². The van der Waals surface area contributed by atoms with Crippen molar-refractivity contribution in [3.05, 3.63) is 0 Å². The molecule has 2 fully saturated rings. The van der Waals surface area contributed by atoms with Crippen molar-refractivity contribution in [2.24, 2.45) is 17.8 Å². The van der Waals surface area contributed by atoms with Crippen LogP contribution in [-0.2, 0) is 9.53 Å². The fourth-order valence-electron chi connectivity index (χ4n) is 4.31. The second kappa shape index (κ2) is 7.31. The molecule has 2 atom stereocenters. The normalized spacial score (nSPS) is 35.9. The summed E-state index contributed by atoms with van der Waals surface area (Å²) in [5.74, 6) is 2.62. The minimum Gasteiger partial charge on any atom is -0.463 e. The molecular weight excluding hydrogens is 236 g/mol. The van der Waals surface area contributed by atoms with Crippen LogP contribution in [0.4, 0.5) is 0 Å². The van der Waals surface area contributed by atoms with Crippen molar-refractivity contribution >= 4 is 5.97 Å². The van der Waals surface area contributed by atoms with E-state index in [1.54, 1.807) is 6.92 Å². The zero-order valence-electron chi connectivity index (χ0n) is 12.7. The maximum absolute atomic E-state index is 11.1. The van der Waals surface area contributed by atoms with Gasteiger partial charge in [0.2, 0.25) is 0 Å². The Morgan fingerprint density at radius 2 is 1.79 bits per heavy atom. The van der Waals surface area contributed by atoms with Gasteiger partial charge in [-0.15, -0.1) is 0 Å². The molecule has 0 aromatic carbocycles. The number of esters is 1. The molecule has 0 N–H and O–H groups in total. The van der Waals surface area contributed by atoms with E-state index in [1.807, 2.05) is 0 Å². The molecule has 0 unspecified atom stereocenters. The highest BCUT2D eigenvalue weighted by molar-refractivity contribution is 5.66. The summed E-state index contributed by atoms with van der Waals surface area (Å²) in [6.45, 7) is 3.84. The molecule has 0 amide bonds. The van der Waals surface area contributed by atoms with Crippen molar-refractivity contribution < 1.29 is 9.53 Å². The van der Waals surface area contributed by atoms with E-state index in [-0.39, 0.29) is 12.1 Å². The van der Waals surface area contributed by atoms with Crippen molar-refractivity contribution in [1.29, 1.82) is 0 Å². The number of hydrogen-bond acceptors (Lipinski definition) is 2. The Morgan fingerprint density at radius 3 is 2.42 bits per heavy atom. The second-order valence-electron chi connectivity index (χ2n) is 6.73. The Hall–Kier alpha value is -0.530. The molecule has 2 saturated carbocycles. The van der Waals surface area contributed by atoms with Gasteiger partial charge in [0.15, 0.2) is 0 Å². The van der Waals surface area contributed by atoms with Gasteiger partial charge in [0, 0.05) is 6.92 Å². The standard InChI is InChI=1S/C17H30O2/c1-3-5-14-8-10-15(11-9-14)16-6-4-7-17(12-16)19-13(2)18/h14-17H,3-12H2,1-2H3/t14-,15+,16-,17-/m1/s1. The molecule has 2 aliphatic carbocycles. The largest absolute Gasteiger partial charge is 0.463 e. The number of ether oxygens (including phenoxy) is 1. The highest BCUT2D eigenvalue weighted by Gasteiger charge is 2.32. The van der Waals surface area contributed by atoms with Gasteiger partial charge in [-0.05, 0) is 56.3 Å². The topological polar surface area (TPSA) is 26.3 Å². The molecule has 19 heavy (non-hydrogen) atoms. The Bertz CT molecular complexity index is 279. The van der Waals surface area contributed by atoms with Crippen molar-refractivity contribution in [3.8, 4) is 0 Å². The average Bonchev–Trinajstić information content (AvgIpc) is 2.39. The molecule has 2 heteroatoms. The molecule has 0 heterocycles. The number of carbonyl (C=O) groups excluding carboxylic acids is 1. The van der Waals surface area contributed by atoms with Crippen LogP contribution in [0.2, 0.25) is 0 Å². The molecule has 2 aliphatic rings. The zero-order chi connectivity index (χ0) is 13.7. The summed E-state index contributed by atoms with van der Waals surface area (Å²) in [5.41, 5.74) is 0. The van der Waals surface area contributed by atoms with E-state index in [1.165, 1.54) is 51.4 Å². The molecule has 0 radical (unpaired) electrons. The van der Waals surface area contributed by atoms with Crippen LogP contribution in [0.15, 0.2) is 0 Å². The Labute approximate surface area is 118 Å². The Morgan fingerprint density at radius 1 is 1.05 bits per heavy atom. The first kappa shape index (κ1) is 14.9. The quantitative estimate of drug-likeness (QED) is 0.688. The van der Waals surface area contributed by atoms with E-state index < -0.39 is 0 Å². The summed E-state index contributed by atoms with van der Waals surface area (Å²) in [6, 6.07) is 0. The van der Waals surface area contributed by atoms with Gasteiger partial charge in [-0.1, -0.05) is 32.6 Å². The fraction of sp³-hybridized carbons (Fsp3) is 0.941. The highest BCUT2D eigenvalue weighted by Crippen LogP contribution is 2.41. The lowest BCUT2D eigenvalue weighted by Gasteiger charge is -2.38. The van der Waals surface area contributed by atoms with Crippen LogP contribution in [0.3, 0.4) is 0 Å². The van der Waals surface area contributed by atoms with Gasteiger partial charge in [-0.25, -0.2) is 0 Å². The Balaban J connectivity index is 1.77. The summed E-state index contributed by atoms with van der Waals surface area (Å²) in [5, 5.41) is 0. The molecule has 2 nitrogen and oxygen atoms in total. The lowest BCUT2D eigenvalue weighted by molar-refractivity contribution is -0.149. The maximum Gasteiger partial charge on any atom is 0.302 e. The first-order valence-electron chi connectivity index (χ1n) is 8.36. The monoisotopic (exact) mass is 266 g/mol. The van der Waals surface area contributed by atoms with Gasteiger partial charge in [0.25, 0.3) is 0 Å². The van der Waals surface area contributed by atoms with Gasteiger partial charge >= 0.3 is 5.97 Å². The van der Waals surface area contributed by atoms with Gasteiger partial charge in [0.1, 0.15) is 6.10 Å². The Kier molecular flexibility index (Phi) is 5.72. The van der Waals surface area contributed by atoms with Gasteiger partial charge in [0.05, 0.1) is 0 Å². The van der Waals surface area contributed by atoms with E-state index in [0.717, 1.165) is 30.6 Å². The number of carbonyl (C=O) groups is 1. The molecule has 0 aliphatic heterocycles. The molecular formula is C17H30O2. The van der Waals surface area contributed by atoms with E-state index in [4.69, 9.17) is 4.74 Å². The summed E-state index contributed by atoms with van der Waals surface area (Å²) in [4.78, 5) is 11.1. The molecule has 2 rings (SSSR count). The minimum atomic E-state index is -0.0997. The summed E-state index contributed by atoms with van der Waals surface area (Å²) in [6.07, 6.45) is 13.5. The van der Waals surface area contributed by atoms with E-state index in [2.05, 4.69) is 6.92 Å². The minimum absolute atomic E-state index is 0.0997. The smallest absolute Gasteiger partial charge is 0.302 e. The predicted molar refractivity (Wildman–Crippen MR) is 77.9 cm³/mol. The third kappa shape index (κ3) is 4.50. The van der Waals surface area contributed by atoms with Crippen LogP contribution < -0.4 is 0 Å². The molecule has 0 saturated heterocycles. The van der Waals surface area contributed by atoms with Crippen LogP contribution >= 0.6 is 0 Å². The van der Waals surface area contributed by atoms with Crippen molar-refractivity contribution in [2.75, 3.05) is 0 Å². The zero-order valence-corrected chi connectivity index (χ0v) is 12.7. The van der Waals surface area contributed by atoms with Crippen molar-refractivity contribution in [2.45, 2.75) is 84.2 Å². The van der Waals surface area contributed by atoms with Gasteiger partial charge in [-0.2, -0.15) is 0 Å². The maximum atomic E-state index is 11.1. The SMILES string of the molecule is CCC[C@H]1CC[C@@H]([C@@H]2CCC[C@@H](OC(C)=O)C2)CC1. The van der Waals surface area contributed by atoms with Crippen molar-refractivity contribution in [1.82, 2.24) is 0 Å². The third-order valence-corrected chi connectivity index (χ3v) is 5.25. The lowest BCUT2D eigenvalue weighted by atomic mass is 9.70. The number of hydrogen-bond donors (Lipinski definition) is 0. The van der Waals surface area contributed by atoms with Crippen LogP contribution in [0.1, 0.15) is 78.1 Å². The summed E-state index contributed by atoms with van der Waals surface area (Å²) in [7, 11) is 0. The lowest BCUT2D eigenvalue weighted by Crippen LogP contribution is -2.30. The van der Waals surface area contributed by atoms with Crippen LogP contribution in [0, 0.1) is 17.8 Å². The first-order valence-corrected chi connectivity index (χ1v) is 8.36. The van der Waals surface area contributed by atoms with Crippen LogP contribution in [0.5, 0.6) is 0 Å². The first-order chi connectivity index (χ1) is 9.19. The fourth-order valence-corrected chi connectivity index (χ4v) is 4.31. The van der Waals surface area contributed by atoms with Gasteiger partial charge in [-0.3, -0.25) is 4.79 Å². The predicted octanol–water partition coefficient (Wildman–Crippen LogP) is 4.71. The summed E-state index contributed by atoms with van der Waals surface area (Å²) >= 11 is 0. The number of rotatable bonds is 4. The van der Waals surface area contributed by atoms with E-state index in [0.29, 0.717) is 0 Å². The molecule has 0 bridgehead atoms. The molecule has 110 valence electrons. The van der Waals surface area contributed by atoms with Gasteiger partial charge < -0.3 is 4.74 Å². The van der Waals surface area contributed by atoms with Crippen molar-refractivity contribution in [3.63, 3.8) is 0 Å². The third-order valence-electron chi connectivity index (χ3n) is 5.25.